The Morgan fingerprint density at radius 2 is 2.00 bits per heavy atom. The summed E-state index contributed by atoms with van der Waals surface area (Å²) in [5, 5.41) is 0.0985. The van der Waals surface area contributed by atoms with Crippen molar-refractivity contribution in [2.45, 2.75) is 42.7 Å². The molecule has 4 rings (SSSR count). The first-order valence-corrected chi connectivity index (χ1v) is 11.8. The molecule has 1 aromatic heterocycles. The molecule has 2 aliphatic heterocycles. The summed E-state index contributed by atoms with van der Waals surface area (Å²) in [5.41, 5.74) is -0.255. The van der Waals surface area contributed by atoms with Crippen LogP contribution in [0.5, 0.6) is 5.75 Å². The molecule has 1 spiro atoms. The number of hydrogen-bond acceptors (Lipinski definition) is 5. The highest BCUT2D eigenvalue weighted by molar-refractivity contribution is 7.89. The van der Waals surface area contributed by atoms with Crippen molar-refractivity contribution in [2.75, 3.05) is 26.3 Å². The second-order valence-electron chi connectivity index (χ2n) is 8.26. The molecule has 0 radical (unpaired) electrons. The Labute approximate surface area is 176 Å². The van der Waals surface area contributed by atoms with E-state index >= 15 is 0 Å². The van der Waals surface area contributed by atoms with E-state index in [2.05, 4.69) is 4.98 Å². The molecule has 1 atom stereocenters. The average molecular weight is 438 g/mol. The predicted octanol–water partition coefficient (Wildman–Crippen LogP) is 2.98. The molecular formula is C21H28FN3O4S. The molecule has 3 heterocycles. The van der Waals surface area contributed by atoms with Crippen molar-refractivity contribution in [3.05, 3.63) is 42.6 Å². The molecule has 2 fully saturated rings. The number of aryl methyl sites for hydroxylation is 1. The summed E-state index contributed by atoms with van der Waals surface area (Å²) in [6.45, 7) is 2.15. The average Bonchev–Trinajstić information content (AvgIpc) is 3.17. The summed E-state index contributed by atoms with van der Waals surface area (Å²) >= 11 is 0. The van der Waals surface area contributed by atoms with E-state index in [4.69, 9.17) is 9.47 Å². The van der Waals surface area contributed by atoms with E-state index in [9.17, 15) is 12.8 Å². The number of ether oxygens (including phenoxy) is 2. The lowest BCUT2D eigenvalue weighted by molar-refractivity contribution is -0.122. The highest BCUT2D eigenvalue weighted by atomic mass is 32.2. The van der Waals surface area contributed by atoms with E-state index in [0.717, 1.165) is 19.3 Å². The van der Waals surface area contributed by atoms with Gasteiger partial charge in [-0.3, -0.25) is 0 Å². The van der Waals surface area contributed by atoms with E-state index in [-0.39, 0.29) is 16.4 Å². The lowest BCUT2D eigenvalue weighted by Gasteiger charge is -2.45. The second-order valence-corrected chi connectivity index (χ2v) is 10.1. The first-order chi connectivity index (χ1) is 14.4. The highest BCUT2D eigenvalue weighted by Gasteiger charge is 2.43. The Morgan fingerprint density at radius 3 is 2.67 bits per heavy atom. The summed E-state index contributed by atoms with van der Waals surface area (Å²) in [4.78, 5) is 4.01. The summed E-state index contributed by atoms with van der Waals surface area (Å²) in [7, 11) is -1.80. The minimum Gasteiger partial charge on any atom is -0.494 e. The Kier molecular flexibility index (Phi) is 6.13. The molecule has 2 aliphatic rings. The lowest BCUT2D eigenvalue weighted by atomic mass is 9.79. The van der Waals surface area contributed by atoms with Crippen LogP contribution in [-0.4, -0.2) is 54.2 Å². The third-order valence-corrected chi connectivity index (χ3v) is 7.91. The quantitative estimate of drug-likeness (QED) is 0.695. The number of rotatable bonds is 6. The van der Waals surface area contributed by atoms with Crippen molar-refractivity contribution in [2.24, 2.45) is 13.0 Å². The van der Waals surface area contributed by atoms with Crippen LogP contribution in [-0.2, 0) is 21.8 Å². The van der Waals surface area contributed by atoms with Gasteiger partial charge in [0.25, 0.3) is 10.0 Å². The molecule has 0 amide bonds. The first kappa shape index (κ1) is 21.3. The molecule has 30 heavy (non-hydrogen) atoms. The number of sulfonamides is 1. The van der Waals surface area contributed by atoms with Crippen LogP contribution in [0.3, 0.4) is 0 Å². The number of nitrogens with zero attached hydrogens (tertiary/aromatic N) is 3. The van der Waals surface area contributed by atoms with Gasteiger partial charge in [0.05, 0.1) is 18.5 Å². The fraction of sp³-hybridized carbons (Fsp3) is 0.571. The van der Waals surface area contributed by atoms with Crippen LogP contribution in [0.15, 0.2) is 41.8 Å². The molecule has 9 heteroatoms. The monoisotopic (exact) mass is 437 g/mol. The number of piperidine rings is 1. The van der Waals surface area contributed by atoms with Crippen molar-refractivity contribution in [3.63, 3.8) is 0 Å². The van der Waals surface area contributed by atoms with Gasteiger partial charge in [-0.25, -0.2) is 17.8 Å². The van der Waals surface area contributed by atoms with Crippen LogP contribution in [0.4, 0.5) is 4.39 Å². The maximum absolute atomic E-state index is 13.0. The molecule has 0 saturated carbocycles. The van der Waals surface area contributed by atoms with Gasteiger partial charge in [-0.1, -0.05) is 0 Å². The minimum absolute atomic E-state index is 0.0985. The number of hydrogen-bond donors (Lipinski definition) is 0. The molecule has 0 N–H and O–H groups in total. The molecule has 0 aliphatic carbocycles. The number of imidazole rings is 1. The summed E-state index contributed by atoms with van der Waals surface area (Å²) < 4.78 is 53.7. The molecule has 1 aromatic carbocycles. The Morgan fingerprint density at radius 1 is 1.27 bits per heavy atom. The zero-order valence-corrected chi connectivity index (χ0v) is 18.0. The zero-order chi connectivity index (χ0) is 21.2. The Bertz CT molecular complexity index is 953. The number of halogens is 1. The van der Waals surface area contributed by atoms with E-state index in [1.807, 2.05) is 0 Å². The highest BCUT2D eigenvalue weighted by Crippen LogP contribution is 2.39. The third kappa shape index (κ3) is 4.68. The maximum atomic E-state index is 13.0. The summed E-state index contributed by atoms with van der Waals surface area (Å²) in [5.74, 6) is 0.870. The van der Waals surface area contributed by atoms with Crippen LogP contribution >= 0.6 is 0 Å². The van der Waals surface area contributed by atoms with E-state index in [1.165, 1.54) is 29.0 Å². The van der Waals surface area contributed by atoms with Crippen LogP contribution in [0.1, 0.15) is 32.1 Å². The molecule has 1 unspecified atom stereocenters. The van der Waals surface area contributed by atoms with Crippen molar-refractivity contribution in [1.82, 2.24) is 13.9 Å². The van der Waals surface area contributed by atoms with Gasteiger partial charge in [0.15, 0.2) is 5.03 Å². The van der Waals surface area contributed by atoms with E-state index in [0.29, 0.717) is 50.8 Å². The van der Waals surface area contributed by atoms with Gasteiger partial charge in [0.1, 0.15) is 11.6 Å². The Balaban J connectivity index is 1.29. The second kappa shape index (κ2) is 8.64. The van der Waals surface area contributed by atoms with Gasteiger partial charge in [0, 0.05) is 32.9 Å². The Hall–Kier alpha value is -1.97. The van der Waals surface area contributed by atoms with Crippen molar-refractivity contribution in [3.8, 4) is 5.75 Å². The zero-order valence-electron chi connectivity index (χ0n) is 17.2. The normalized spacial score (nSPS) is 22.3. The summed E-state index contributed by atoms with van der Waals surface area (Å²) in [6.07, 6.45) is 7.21. The van der Waals surface area contributed by atoms with Crippen molar-refractivity contribution >= 4 is 10.0 Å². The van der Waals surface area contributed by atoms with Gasteiger partial charge in [0.2, 0.25) is 0 Å². The standard InChI is InChI=1S/C21H28FN3O4S/c1-24-15-20(23-16-24)30(26,27)25-10-8-21(9-11-25)14-17(7-13-29-21)6-12-28-19-4-2-18(22)3-5-19/h2-5,15-17H,6-14H2,1H3. The molecular weight excluding hydrogens is 409 g/mol. The van der Waals surface area contributed by atoms with Crippen molar-refractivity contribution < 1.29 is 22.3 Å². The summed E-state index contributed by atoms with van der Waals surface area (Å²) in [6, 6.07) is 6.06. The first-order valence-electron chi connectivity index (χ1n) is 10.4. The molecule has 0 bridgehead atoms. The van der Waals surface area contributed by atoms with Gasteiger partial charge >= 0.3 is 0 Å². The minimum atomic E-state index is -3.56. The molecule has 2 aromatic rings. The van der Waals surface area contributed by atoms with E-state index in [1.54, 1.807) is 23.7 Å². The fourth-order valence-electron chi connectivity index (χ4n) is 4.39. The van der Waals surface area contributed by atoms with Crippen LogP contribution < -0.4 is 4.74 Å². The van der Waals surface area contributed by atoms with Crippen LogP contribution in [0, 0.1) is 11.7 Å². The van der Waals surface area contributed by atoms with Crippen molar-refractivity contribution in [1.29, 1.82) is 0 Å². The lowest BCUT2D eigenvalue weighted by Crippen LogP contribution is -2.50. The number of aromatic nitrogens is 2. The van der Waals surface area contributed by atoms with E-state index < -0.39 is 10.0 Å². The smallest absolute Gasteiger partial charge is 0.262 e. The van der Waals surface area contributed by atoms with Crippen LogP contribution in [0.2, 0.25) is 0 Å². The van der Waals surface area contributed by atoms with Crippen LogP contribution in [0.25, 0.3) is 0 Å². The molecule has 7 nitrogen and oxygen atoms in total. The van der Waals surface area contributed by atoms with Gasteiger partial charge < -0.3 is 14.0 Å². The molecule has 2 saturated heterocycles. The topological polar surface area (TPSA) is 73.7 Å². The molecule has 164 valence electrons. The largest absolute Gasteiger partial charge is 0.494 e. The predicted molar refractivity (Wildman–Crippen MR) is 109 cm³/mol. The van der Waals surface area contributed by atoms with Gasteiger partial charge in [-0.15, -0.1) is 0 Å². The number of benzene rings is 1. The fourth-order valence-corrected chi connectivity index (χ4v) is 5.79. The third-order valence-electron chi connectivity index (χ3n) is 6.12. The van der Waals surface area contributed by atoms with Gasteiger partial charge in [-0.2, -0.15) is 4.31 Å². The van der Waals surface area contributed by atoms with Gasteiger partial charge in [-0.05, 0) is 62.3 Å². The SMILES string of the molecule is Cn1cnc(S(=O)(=O)N2CCC3(CC2)CC(CCOc2ccc(F)cc2)CCO3)c1. The maximum Gasteiger partial charge on any atom is 0.262 e.